The minimum atomic E-state index is -4.77. The van der Waals surface area contributed by atoms with Crippen LogP contribution in [0.15, 0.2) is 36.5 Å². The van der Waals surface area contributed by atoms with Crippen LogP contribution in [0.4, 0.5) is 13.2 Å². The van der Waals surface area contributed by atoms with Gasteiger partial charge in [-0.3, -0.25) is 9.59 Å². The number of hydrogen-bond acceptors (Lipinski definition) is 4. The second-order valence-electron chi connectivity index (χ2n) is 6.74. The minimum absolute atomic E-state index is 0. The number of carbonyl (C=O) groups is 2. The van der Waals surface area contributed by atoms with Crippen molar-refractivity contribution in [1.82, 2.24) is 25.7 Å². The van der Waals surface area contributed by atoms with Gasteiger partial charge in [0.05, 0.1) is 11.3 Å². The van der Waals surface area contributed by atoms with E-state index < -0.39 is 23.3 Å². The average molecular weight is 446 g/mol. The van der Waals surface area contributed by atoms with E-state index in [0.717, 1.165) is 36.8 Å². The number of alkyl halides is 3. The first-order valence-electron chi connectivity index (χ1n) is 9.35. The van der Waals surface area contributed by atoms with Gasteiger partial charge in [-0.1, -0.05) is 18.2 Å². The van der Waals surface area contributed by atoms with E-state index in [0.29, 0.717) is 5.69 Å². The van der Waals surface area contributed by atoms with Crippen LogP contribution < -0.4 is 16.0 Å². The first-order chi connectivity index (χ1) is 13.9. The third-order valence-corrected chi connectivity index (χ3v) is 4.67. The van der Waals surface area contributed by atoms with Crippen molar-refractivity contribution in [2.45, 2.75) is 19.0 Å². The van der Waals surface area contributed by atoms with Crippen molar-refractivity contribution in [3.8, 4) is 5.69 Å². The molecule has 1 aromatic carbocycles. The highest BCUT2D eigenvalue weighted by Crippen LogP contribution is 2.31. The van der Waals surface area contributed by atoms with Gasteiger partial charge in [-0.25, -0.2) is 4.68 Å². The zero-order chi connectivity index (χ0) is 20.9. The monoisotopic (exact) mass is 445 g/mol. The Morgan fingerprint density at radius 3 is 2.37 bits per heavy atom. The molecule has 1 aliphatic rings. The van der Waals surface area contributed by atoms with E-state index in [-0.39, 0.29) is 37.3 Å². The van der Waals surface area contributed by atoms with Gasteiger partial charge in [-0.2, -0.15) is 18.3 Å². The molecule has 7 nitrogen and oxygen atoms in total. The standard InChI is InChI=1S/C19H22F3N5O2.ClH/c20-19(21,22)16-15(12-27(26-16)14-4-2-1-3-5-14)18(29)25-11-10-24-17(28)13-6-8-23-9-7-13;/h1-5,12-13,23H,6-11H2,(H,24,28)(H,25,29);1H. The van der Waals surface area contributed by atoms with Gasteiger partial charge in [0, 0.05) is 25.2 Å². The molecular formula is C19H23ClF3N5O2. The van der Waals surface area contributed by atoms with Gasteiger partial charge in [0.1, 0.15) is 0 Å². The lowest BCUT2D eigenvalue weighted by atomic mass is 9.97. The van der Waals surface area contributed by atoms with Crippen LogP contribution in [0.2, 0.25) is 0 Å². The zero-order valence-corrected chi connectivity index (χ0v) is 16.9. The molecule has 11 heteroatoms. The molecule has 2 heterocycles. The summed E-state index contributed by atoms with van der Waals surface area (Å²) >= 11 is 0. The van der Waals surface area contributed by atoms with Gasteiger partial charge < -0.3 is 16.0 Å². The van der Waals surface area contributed by atoms with Crippen LogP contribution >= 0.6 is 12.4 Å². The molecule has 164 valence electrons. The highest BCUT2D eigenvalue weighted by molar-refractivity contribution is 5.95. The van der Waals surface area contributed by atoms with Crippen LogP contribution in [0.5, 0.6) is 0 Å². The number of piperidine rings is 1. The number of benzene rings is 1. The Kier molecular flexibility index (Phi) is 8.24. The maximum absolute atomic E-state index is 13.3. The van der Waals surface area contributed by atoms with Crippen molar-refractivity contribution in [3.05, 3.63) is 47.8 Å². The summed E-state index contributed by atoms with van der Waals surface area (Å²) in [6, 6.07) is 8.23. The molecule has 3 N–H and O–H groups in total. The lowest BCUT2D eigenvalue weighted by Gasteiger charge is -2.21. The second-order valence-corrected chi connectivity index (χ2v) is 6.74. The highest BCUT2D eigenvalue weighted by atomic mass is 35.5. The third-order valence-electron chi connectivity index (χ3n) is 4.67. The maximum atomic E-state index is 13.3. The van der Waals surface area contributed by atoms with Crippen LogP contribution in [0.25, 0.3) is 5.69 Å². The smallest absolute Gasteiger partial charge is 0.354 e. The van der Waals surface area contributed by atoms with Crippen molar-refractivity contribution in [1.29, 1.82) is 0 Å². The number of rotatable bonds is 6. The second kappa shape index (κ2) is 10.4. The van der Waals surface area contributed by atoms with E-state index in [2.05, 4.69) is 21.0 Å². The Morgan fingerprint density at radius 1 is 1.10 bits per heavy atom. The van der Waals surface area contributed by atoms with E-state index in [1.165, 1.54) is 0 Å². The molecule has 0 radical (unpaired) electrons. The highest BCUT2D eigenvalue weighted by Gasteiger charge is 2.39. The predicted molar refractivity (Wildman–Crippen MR) is 107 cm³/mol. The molecule has 0 saturated carbocycles. The number of carbonyl (C=O) groups excluding carboxylic acids is 2. The van der Waals surface area contributed by atoms with Crippen molar-refractivity contribution in [3.63, 3.8) is 0 Å². The Labute approximate surface area is 177 Å². The topological polar surface area (TPSA) is 88.0 Å². The van der Waals surface area contributed by atoms with Crippen LogP contribution in [0.1, 0.15) is 28.9 Å². The van der Waals surface area contributed by atoms with Gasteiger partial charge in [0.15, 0.2) is 5.69 Å². The number of nitrogens with zero attached hydrogens (tertiary/aromatic N) is 2. The molecule has 0 aliphatic carbocycles. The number of para-hydroxylation sites is 1. The van der Waals surface area contributed by atoms with Gasteiger partial charge in [-0.15, -0.1) is 12.4 Å². The largest absolute Gasteiger partial charge is 0.435 e. The van der Waals surface area contributed by atoms with Crippen molar-refractivity contribution in [2.24, 2.45) is 5.92 Å². The Bertz CT molecular complexity index is 852. The molecule has 2 aromatic rings. The van der Waals surface area contributed by atoms with Crippen molar-refractivity contribution >= 4 is 24.2 Å². The summed E-state index contributed by atoms with van der Waals surface area (Å²) < 4.78 is 41.0. The Morgan fingerprint density at radius 2 is 1.73 bits per heavy atom. The van der Waals surface area contributed by atoms with Gasteiger partial charge in [0.2, 0.25) is 5.91 Å². The predicted octanol–water partition coefficient (Wildman–Crippen LogP) is 2.16. The SMILES string of the molecule is Cl.O=C(NCCNC(=O)C1CCNCC1)c1cn(-c2ccccc2)nc1C(F)(F)F. The van der Waals surface area contributed by atoms with Gasteiger partial charge in [0.25, 0.3) is 5.91 Å². The fourth-order valence-corrected chi connectivity index (χ4v) is 3.15. The Hall–Kier alpha value is -2.59. The Balaban J connectivity index is 0.00000320. The van der Waals surface area contributed by atoms with Crippen LogP contribution in [-0.2, 0) is 11.0 Å². The molecule has 1 saturated heterocycles. The van der Waals surface area contributed by atoms with Crippen LogP contribution in [-0.4, -0.2) is 47.8 Å². The van der Waals surface area contributed by atoms with Crippen LogP contribution in [0.3, 0.4) is 0 Å². The van der Waals surface area contributed by atoms with E-state index in [9.17, 15) is 22.8 Å². The lowest BCUT2D eigenvalue weighted by molar-refractivity contribution is -0.141. The normalized spacial score (nSPS) is 14.6. The molecule has 0 bridgehead atoms. The number of halogens is 4. The first kappa shape index (κ1) is 23.7. The van der Waals surface area contributed by atoms with E-state index >= 15 is 0 Å². The molecule has 0 atom stereocenters. The minimum Gasteiger partial charge on any atom is -0.354 e. The molecule has 0 unspecified atom stereocenters. The fraction of sp³-hybridized carbons (Fsp3) is 0.421. The average Bonchev–Trinajstić information content (AvgIpc) is 3.18. The fourth-order valence-electron chi connectivity index (χ4n) is 3.15. The lowest BCUT2D eigenvalue weighted by Crippen LogP contribution is -2.41. The van der Waals surface area contributed by atoms with Gasteiger partial charge >= 0.3 is 6.18 Å². The van der Waals surface area contributed by atoms with Crippen molar-refractivity contribution < 1.29 is 22.8 Å². The van der Waals surface area contributed by atoms with E-state index in [4.69, 9.17) is 0 Å². The summed E-state index contributed by atoms with van der Waals surface area (Å²) in [5, 5.41) is 11.8. The molecule has 1 aromatic heterocycles. The quantitative estimate of drug-likeness (QED) is 0.595. The molecule has 3 rings (SSSR count). The summed E-state index contributed by atoms with van der Waals surface area (Å²) in [6.07, 6.45) is -2.23. The summed E-state index contributed by atoms with van der Waals surface area (Å²) in [5.74, 6) is -1.07. The summed E-state index contributed by atoms with van der Waals surface area (Å²) in [5.41, 5.74) is -1.41. The molecule has 30 heavy (non-hydrogen) atoms. The van der Waals surface area contributed by atoms with Crippen molar-refractivity contribution in [2.75, 3.05) is 26.2 Å². The molecule has 1 fully saturated rings. The summed E-state index contributed by atoms with van der Waals surface area (Å²) in [4.78, 5) is 24.4. The molecule has 0 spiro atoms. The number of nitrogens with one attached hydrogen (secondary N) is 3. The van der Waals surface area contributed by atoms with Crippen LogP contribution in [0, 0.1) is 5.92 Å². The number of aromatic nitrogens is 2. The van der Waals surface area contributed by atoms with Gasteiger partial charge in [-0.05, 0) is 38.1 Å². The van der Waals surface area contributed by atoms with E-state index in [1.807, 2.05) is 0 Å². The maximum Gasteiger partial charge on any atom is 0.435 e. The third kappa shape index (κ3) is 5.96. The zero-order valence-electron chi connectivity index (χ0n) is 16.0. The summed E-state index contributed by atoms with van der Waals surface area (Å²) in [7, 11) is 0. The van der Waals surface area contributed by atoms with E-state index in [1.54, 1.807) is 30.3 Å². The molecular weight excluding hydrogens is 423 g/mol. The number of amides is 2. The number of hydrogen-bond donors (Lipinski definition) is 3. The first-order valence-corrected chi connectivity index (χ1v) is 9.35. The molecule has 2 amide bonds. The summed E-state index contributed by atoms with van der Waals surface area (Å²) in [6.45, 7) is 1.72. The molecule has 1 aliphatic heterocycles.